The van der Waals surface area contributed by atoms with Crippen molar-refractivity contribution in [3.8, 4) is 17.2 Å². The molecule has 2 aromatic carbocycles. The predicted molar refractivity (Wildman–Crippen MR) is 81.4 cm³/mol. The summed E-state index contributed by atoms with van der Waals surface area (Å²) in [6.45, 7) is 4.42. The number of rotatable bonds is 6. The zero-order valence-electron chi connectivity index (χ0n) is 12.3. The van der Waals surface area contributed by atoms with Crippen molar-refractivity contribution in [1.29, 1.82) is 0 Å². The highest BCUT2D eigenvalue weighted by atomic mass is 19.1. The van der Waals surface area contributed by atoms with Crippen LogP contribution in [0.15, 0.2) is 42.5 Å². The van der Waals surface area contributed by atoms with Gasteiger partial charge >= 0.3 is 0 Å². The summed E-state index contributed by atoms with van der Waals surface area (Å²) in [6.07, 6.45) is 0.639. The van der Waals surface area contributed by atoms with Crippen LogP contribution in [0, 0.1) is 5.82 Å². The van der Waals surface area contributed by atoms with E-state index in [-0.39, 0.29) is 17.6 Å². The highest BCUT2D eigenvalue weighted by Gasteiger charge is 2.07. The van der Waals surface area contributed by atoms with E-state index in [9.17, 15) is 4.39 Å². The van der Waals surface area contributed by atoms with Gasteiger partial charge in [0.2, 0.25) is 0 Å². The Kier molecular flexibility index (Phi) is 5.17. The van der Waals surface area contributed by atoms with Crippen molar-refractivity contribution in [3.05, 3.63) is 53.8 Å². The molecule has 0 aromatic heterocycles. The van der Waals surface area contributed by atoms with E-state index in [1.165, 1.54) is 6.07 Å². The molecular weight excluding hydrogens is 269 g/mol. The van der Waals surface area contributed by atoms with E-state index in [0.29, 0.717) is 18.8 Å². The fourth-order valence-electron chi connectivity index (χ4n) is 2.02. The van der Waals surface area contributed by atoms with E-state index < -0.39 is 0 Å². The summed E-state index contributed by atoms with van der Waals surface area (Å²) < 4.78 is 24.9. The summed E-state index contributed by atoms with van der Waals surface area (Å²) in [4.78, 5) is 0. The van der Waals surface area contributed by atoms with Crippen molar-refractivity contribution in [2.24, 2.45) is 5.73 Å². The molecule has 0 heterocycles. The highest BCUT2D eigenvalue weighted by Crippen LogP contribution is 2.27. The zero-order chi connectivity index (χ0) is 15.2. The van der Waals surface area contributed by atoms with Crippen molar-refractivity contribution >= 4 is 0 Å². The van der Waals surface area contributed by atoms with Crippen LogP contribution in [0.25, 0.3) is 0 Å². The summed E-state index contributed by atoms with van der Waals surface area (Å²) in [5, 5.41) is 0. The van der Waals surface area contributed by atoms with E-state index in [2.05, 4.69) is 0 Å². The fourth-order valence-corrected chi connectivity index (χ4v) is 2.02. The van der Waals surface area contributed by atoms with Crippen molar-refractivity contribution in [3.63, 3.8) is 0 Å². The molecule has 1 unspecified atom stereocenters. The molecule has 3 nitrogen and oxygen atoms in total. The topological polar surface area (TPSA) is 44.5 Å². The molecular formula is C17H20FNO2. The molecule has 0 aliphatic rings. The second kappa shape index (κ2) is 7.09. The molecule has 0 aliphatic heterocycles. The van der Waals surface area contributed by atoms with Crippen molar-refractivity contribution < 1.29 is 13.9 Å². The van der Waals surface area contributed by atoms with Crippen LogP contribution in [-0.2, 0) is 6.42 Å². The molecule has 0 fully saturated rings. The van der Waals surface area contributed by atoms with Gasteiger partial charge in [-0.25, -0.2) is 4.39 Å². The second-order valence-corrected chi connectivity index (χ2v) is 4.95. The molecule has 0 amide bonds. The number of hydrogen-bond donors (Lipinski definition) is 1. The molecule has 2 aromatic rings. The molecule has 0 aliphatic carbocycles. The third kappa shape index (κ3) is 4.46. The van der Waals surface area contributed by atoms with E-state index >= 15 is 0 Å². The van der Waals surface area contributed by atoms with Gasteiger partial charge < -0.3 is 15.2 Å². The summed E-state index contributed by atoms with van der Waals surface area (Å²) >= 11 is 0. The van der Waals surface area contributed by atoms with Crippen LogP contribution in [0.3, 0.4) is 0 Å². The quantitative estimate of drug-likeness (QED) is 0.877. The lowest BCUT2D eigenvalue weighted by molar-refractivity contribution is 0.339. The Balaban J connectivity index is 2.08. The van der Waals surface area contributed by atoms with Gasteiger partial charge in [0, 0.05) is 6.04 Å². The number of nitrogens with two attached hydrogens (primary N) is 1. The minimum absolute atomic E-state index is 0.00211. The first kappa shape index (κ1) is 15.3. The molecule has 21 heavy (non-hydrogen) atoms. The second-order valence-electron chi connectivity index (χ2n) is 4.95. The monoisotopic (exact) mass is 289 g/mol. The largest absolute Gasteiger partial charge is 0.494 e. The first-order valence-electron chi connectivity index (χ1n) is 7.03. The van der Waals surface area contributed by atoms with Crippen LogP contribution >= 0.6 is 0 Å². The minimum Gasteiger partial charge on any atom is -0.494 e. The van der Waals surface area contributed by atoms with Gasteiger partial charge in [0.25, 0.3) is 0 Å². The van der Waals surface area contributed by atoms with Gasteiger partial charge in [-0.2, -0.15) is 0 Å². The Morgan fingerprint density at radius 1 is 1.10 bits per heavy atom. The minimum atomic E-state index is -0.387. The average molecular weight is 289 g/mol. The smallest absolute Gasteiger partial charge is 0.165 e. The predicted octanol–water partition coefficient (Wildman–Crippen LogP) is 3.91. The summed E-state index contributed by atoms with van der Waals surface area (Å²) in [5.74, 6) is 1.14. The normalized spacial score (nSPS) is 12.0. The maximum absolute atomic E-state index is 14.0. The molecule has 0 saturated heterocycles. The molecule has 112 valence electrons. The zero-order valence-corrected chi connectivity index (χ0v) is 12.3. The van der Waals surface area contributed by atoms with Crippen LogP contribution in [0.5, 0.6) is 17.2 Å². The standard InChI is InChI=1S/C17H20FNO2/c1-3-20-14-5-7-15(8-6-14)21-17-9-4-13(10-12(2)19)11-16(17)18/h4-9,11-12H,3,10,19H2,1-2H3. The Labute approximate surface area is 124 Å². The maximum Gasteiger partial charge on any atom is 0.165 e. The van der Waals surface area contributed by atoms with E-state index in [1.54, 1.807) is 30.3 Å². The van der Waals surface area contributed by atoms with Gasteiger partial charge in [0.05, 0.1) is 6.61 Å². The first-order valence-corrected chi connectivity index (χ1v) is 7.03. The van der Waals surface area contributed by atoms with Crippen LogP contribution in [0.4, 0.5) is 4.39 Å². The van der Waals surface area contributed by atoms with Gasteiger partial charge in [-0.1, -0.05) is 6.07 Å². The SMILES string of the molecule is CCOc1ccc(Oc2ccc(CC(C)N)cc2F)cc1. The van der Waals surface area contributed by atoms with Gasteiger partial charge in [-0.3, -0.25) is 0 Å². The number of ether oxygens (including phenoxy) is 2. The van der Waals surface area contributed by atoms with Crippen LogP contribution < -0.4 is 15.2 Å². The summed E-state index contributed by atoms with van der Waals surface area (Å²) in [5.41, 5.74) is 6.57. The van der Waals surface area contributed by atoms with Gasteiger partial charge in [-0.05, 0) is 62.2 Å². The van der Waals surface area contributed by atoms with Gasteiger partial charge in [0.1, 0.15) is 11.5 Å². The molecule has 0 spiro atoms. The molecule has 0 radical (unpaired) electrons. The van der Waals surface area contributed by atoms with Gasteiger partial charge in [0.15, 0.2) is 11.6 Å². The summed E-state index contributed by atoms with van der Waals surface area (Å²) in [7, 11) is 0. The van der Waals surface area contributed by atoms with Crippen molar-refractivity contribution in [2.45, 2.75) is 26.3 Å². The lowest BCUT2D eigenvalue weighted by atomic mass is 10.1. The molecule has 0 bridgehead atoms. The molecule has 0 saturated carbocycles. The summed E-state index contributed by atoms with van der Waals surface area (Å²) in [6, 6.07) is 12.0. The third-order valence-electron chi connectivity index (χ3n) is 2.92. The number of benzene rings is 2. The van der Waals surface area contributed by atoms with Crippen molar-refractivity contribution in [2.75, 3.05) is 6.61 Å². The number of halogens is 1. The molecule has 1 atom stereocenters. The Bertz CT molecular complexity index is 582. The maximum atomic E-state index is 14.0. The lowest BCUT2D eigenvalue weighted by Gasteiger charge is -2.10. The van der Waals surface area contributed by atoms with E-state index in [4.69, 9.17) is 15.2 Å². The van der Waals surface area contributed by atoms with Crippen LogP contribution in [0.1, 0.15) is 19.4 Å². The highest BCUT2D eigenvalue weighted by molar-refractivity contribution is 5.37. The third-order valence-corrected chi connectivity index (χ3v) is 2.92. The van der Waals surface area contributed by atoms with E-state index in [0.717, 1.165) is 11.3 Å². The van der Waals surface area contributed by atoms with E-state index in [1.807, 2.05) is 19.9 Å². The molecule has 4 heteroatoms. The van der Waals surface area contributed by atoms with Gasteiger partial charge in [-0.15, -0.1) is 0 Å². The first-order chi connectivity index (χ1) is 10.1. The average Bonchev–Trinajstić information content (AvgIpc) is 2.43. The lowest BCUT2D eigenvalue weighted by Crippen LogP contribution is -2.17. The van der Waals surface area contributed by atoms with Crippen LogP contribution in [0.2, 0.25) is 0 Å². The number of hydrogen-bond acceptors (Lipinski definition) is 3. The fraction of sp³-hybridized carbons (Fsp3) is 0.294. The Morgan fingerprint density at radius 2 is 1.76 bits per heavy atom. The Hall–Kier alpha value is -2.07. The molecule has 2 rings (SSSR count). The Morgan fingerprint density at radius 3 is 2.33 bits per heavy atom. The molecule has 2 N–H and O–H groups in total. The van der Waals surface area contributed by atoms with Crippen LogP contribution in [-0.4, -0.2) is 12.6 Å². The van der Waals surface area contributed by atoms with Crippen molar-refractivity contribution in [1.82, 2.24) is 0 Å².